The molecule has 1 aromatic carbocycles. The number of nitrogens with one attached hydrogen (secondary N) is 9. The van der Waals surface area contributed by atoms with E-state index in [1.165, 1.54) is 4.90 Å². The van der Waals surface area contributed by atoms with Crippen molar-refractivity contribution in [1.29, 1.82) is 0 Å². The topological polar surface area (TPSA) is 503 Å². The number of hydrogen-bond donors (Lipinski definition) is 16. The molecule has 0 radical (unpaired) electrons. The molecule has 0 unspecified atom stereocenters. The van der Waals surface area contributed by atoms with Gasteiger partial charge in [0.2, 0.25) is 65.0 Å². The number of carboxylic acid groups (broad SMARTS) is 1. The molecule has 21 N–H and O–H groups in total. The quantitative estimate of drug-likeness (QED) is 0.0179. The summed E-state index contributed by atoms with van der Waals surface area (Å²) in [5.74, 6) is -13.0. The molecule has 2 heterocycles. The Morgan fingerprint density at radius 3 is 1.80 bits per heavy atom. The monoisotopic (exact) mass is 1210 g/mol. The van der Waals surface area contributed by atoms with Crippen LogP contribution in [-0.4, -0.2) is 177 Å². The second kappa shape index (κ2) is 34.5. The molecule has 1 aliphatic heterocycles. The van der Waals surface area contributed by atoms with Gasteiger partial charge in [-0.1, -0.05) is 80.0 Å². The number of fused-ring (bicyclic) bond motifs is 1. The Morgan fingerprint density at radius 2 is 1.22 bits per heavy atom. The number of aromatic amines is 1. The van der Waals surface area contributed by atoms with Crippen LogP contribution in [0, 0.1) is 23.7 Å². The maximum atomic E-state index is 14.7. The van der Waals surface area contributed by atoms with Crippen LogP contribution in [0.3, 0.4) is 0 Å². The van der Waals surface area contributed by atoms with Crippen LogP contribution in [0.5, 0.6) is 0 Å². The molecule has 30 nitrogen and oxygen atoms in total. The van der Waals surface area contributed by atoms with Gasteiger partial charge in [0.15, 0.2) is 5.96 Å². The lowest BCUT2D eigenvalue weighted by atomic mass is 9.97. The van der Waals surface area contributed by atoms with Crippen LogP contribution in [-0.2, 0) is 64.0 Å². The minimum absolute atomic E-state index is 0.0123. The van der Waals surface area contributed by atoms with Gasteiger partial charge in [0, 0.05) is 43.0 Å². The Morgan fingerprint density at radius 1 is 0.663 bits per heavy atom. The fourth-order valence-corrected chi connectivity index (χ4v) is 9.52. The van der Waals surface area contributed by atoms with E-state index in [1.54, 1.807) is 72.0 Å². The largest absolute Gasteiger partial charge is 0.480 e. The van der Waals surface area contributed by atoms with Crippen molar-refractivity contribution in [3.8, 4) is 0 Å². The van der Waals surface area contributed by atoms with Crippen molar-refractivity contribution in [2.24, 2.45) is 57.3 Å². The lowest BCUT2D eigenvalue weighted by Gasteiger charge is -2.33. The highest BCUT2D eigenvalue weighted by Gasteiger charge is 2.42. The lowest BCUT2D eigenvalue weighted by Crippen LogP contribution is -2.62. The van der Waals surface area contributed by atoms with Gasteiger partial charge in [0.05, 0.1) is 19.1 Å². The number of nitrogens with two attached hydrogens (primary N) is 5. The molecule has 0 spiro atoms. The Hall–Kier alpha value is -8.41. The molecule has 0 aliphatic carbocycles. The molecule has 30 heteroatoms. The third kappa shape index (κ3) is 22.2. The summed E-state index contributed by atoms with van der Waals surface area (Å²) in [6.45, 7) is 12.8. The summed E-state index contributed by atoms with van der Waals surface area (Å²) >= 11 is 0. The first-order chi connectivity index (χ1) is 40.4. The van der Waals surface area contributed by atoms with Crippen molar-refractivity contribution in [1.82, 2.24) is 52.4 Å². The van der Waals surface area contributed by atoms with Gasteiger partial charge in [0.25, 0.3) is 0 Å². The van der Waals surface area contributed by atoms with Gasteiger partial charge in [0.1, 0.15) is 54.4 Å². The van der Waals surface area contributed by atoms with E-state index in [2.05, 4.69) is 52.5 Å². The van der Waals surface area contributed by atoms with E-state index in [4.69, 9.17) is 28.7 Å². The predicted molar refractivity (Wildman–Crippen MR) is 316 cm³/mol. The average Bonchev–Trinajstić information content (AvgIpc) is 2.13. The number of benzene rings is 1. The molecule has 1 saturated heterocycles. The number of para-hydroxylation sites is 1. The fraction of sp³-hybridized carbons (Fsp3) is 0.625. The number of carbonyl (C=O) groups excluding carboxylic acids is 11. The highest BCUT2D eigenvalue weighted by molar-refractivity contribution is 6.00. The van der Waals surface area contributed by atoms with Gasteiger partial charge >= 0.3 is 5.97 Å². The van der Waals surface area contributed by atoms with Crippen molar-refractivity contribution < 1.29 is 67.7 Å². The van der Waals surface area contributed by atoms with Crippen molar-refractivity contribution in [3.05, 3.63) is 36.0 Å². The number of carbonyl (C=O) groups is 12. The summed E-state index contributed by atoms with van der Waals surface area (Å²) < 4.78 is 0. The van der Waals surface area contributed by atoms with Crippen LogP contribution in [0.4, 0.5) is 0 Å². The third-order valence-electron chi connectivity index (χ3n) is 14.7. The first kappa shape index (κ1) is 71.9. The molecule has 11 atom stereocenters. The highest BCUT2D eigenvalue weighted by Crippen LogP contribution is 2.23. The van der Waals surface area contributed by atoms with Crippen molar-refractivity contribution >= 4 is 87.8 Å². The van der Waals surface area contributed by atoms with Crippen molar-refractivity contribution in [2.75, 3.05) is 19.7 Å². The smallest absolute Gasteiger partial charge is 0.326 e. The summed E-state index contributed by atoms with van der Waals surface area (Å²) in [4.78, 5) is 170. The number of hydrogen-bond acceptors (Lipinski definition) is 15. The Bertz CT molecular complexity index is 2750. The second-order valence-electron chi connectivity index (χ2n) is 22.8. The molecule has 86 heavy (non-hydrogen) atoms. The van der Waals surface area contributed by atoms with E-state index < -0.39 is 169 Å². The van der Waals surface area contributed by atoms with E-state index in [9.17, 15) is 67.7 Å². The molecule has 0 bridgehead atoms. The number of primary amides is 2. The minimum Gasteiger partial charge on any atom is -0.480 e. The minimum atomic E-state index is -1.83. The lowest BCUT2D eigenvalue weighted by molar-refractivity contribution is -0.144. The van der Waals surface area contributed by atoms with Gasteiger partial charge in [-0.2, -0.15) is 0 Å². The van der Waals surface area contributed by atoms with E-state index in [-0.39, 0.29) is 63.0 Å². The van der Waals surface area contributed by atoms with Crippen molar-refractivity contribution in [2.45, 2.75) is 180 Å². The third-order valence-corrected chi connectivity index (χ3v) is 14.7. The number of aliphatic carboxylic acids is 1. The molecule has 478 valence electrons. The van der Waals surface area contributed by atoms with Gasteiger partial charge in [-0.25, -0.2) is 4.79 Å². The van der Waals surface area contributed by atoms with Gasteiger partial charge < -0.3 is 91.3 Å². The van der Waals surface area contributed by atoms with Gasteiger partial charge in [-0.3, -0.25) is 57.7 Å². The number of likely N-dealkylation sites (tertiary alicyclic amines) is 1. The van der Waals surface area contributed by atoms with Crippen LogP contribution in [0.1, 0.15) is 119 Å². The summed E-state index contributed by atoms with van der Waals surface area (Å²) in [7, 11) is 0. The molecule has 1 aromatic heterocycles. The molecule has 1 aliphatic rings. The van der Waals surface area contributed by atoms with Crippen LogP contribution in [0.25, 0.3) is 10.9 Å². The summed E-state index contributed by atoms with van der Waals surface area (Å²) in [5.41, 5.74) is 28.8. The zero-order valence-electron chi connectivity index (χ0n) is 50.2. The summed E-state index contributed by atoms with van der Waals surface area (Å²) in [6.07, 6.45) is 1.14. The summed E-state index contributed by atoms with van der Waals surface area (Å²) in [5, 5.41) is 41.1. The number of aliphatic hydroxyl groups is 1. The highest BCUT2D eigenvalue weighted by atomic mass is 16.4. The second-order valence-corrected chi connectivity index (χ2v) is 22.8. The molecule has 1 fully saturated rings. The number of H-pyrrole nitrogens is 1. The fourth-order valence-electron chi connectivity index (χ4n) is 9.52. The zero-order valence-corrected chi connectivity index (χ0v) is 50.2. The predicted octanol–water partition coefficient (Wildman–Crippen LogP) is -3.42. The Labute approximate surface area is 499 Å². The standard InChI is InChI=1S/C56H90N16O14/c1-9-30(8)43(59)52(82)68-38(24-42(58)75)48(78)69-39(26-73)50(80)64-34(18-19-41(57)74)46(76)66-37(23-31-25-63-33-15-11-10-14-32(31)33)49(79)70-44(28(4)5)53(83)71-45(29(6)7)54(84)72-21-13-17-40(72)51(81)67-36(22-27(2)3)47(77)65-35(55(85)86)16-12-20-62-56(60)61/h10-11,14-15,25,27-30,34-40,43-45,63,73H,9,12-13,16-24,26,59H2,1-8H3,(H2,57,74)(H2,58,75)(H,64,80)(H,65,77)(H,66,76)(H,67,81)(H,68,82)(H,69,78)(H,70,79)(H,71,83)(H,85,86)(H4,60,61,62)/t30-,34-,35-,36-,37-,38-,39-,40-,43-,44-,45-/m0/s1. The van der Waals surface area contributed by atoms with Crippen LogP contribution < -0.4 is 71.2 Å². The number of aromatic nitrogens is 1. The number of carboxylic acids is 1. The van der Waals surface area contributed by atoms with Gasteiger partial charge in [-0.05, 0) is 73.8 Å². The number of amides is 11. The zero-order chi connectivity index (χ0) is 64.7. The first-order valence-corrected chi connectivity index (χ1v) is 28.9. The number of rotatable bonds is 36. The van der Waals surface area contributed by atoms with Gasteiger partial charge in [-0.15, -0.1) is 0 Å². The van der Waals surface area contributed by atoms with E-state index >= 15 is 0 Å². The van der Waals surface area contributed by atoms with E-state index in [1.807, 2.05) is 13.8 Å². The van der Waals surface area contributed by atoms with Crippen LogP contribution in [0.2, 0.25) is 0 Å². The molecular weight excluding hydrogens is 1120 g/mol. The number of aliphatic hydroxyl groups excluding tert-OH is 1. The SMILES string of the molecule is CC[C@H](C)[C@H](N)C(=O)N[C@@H](CC(N)=O)C(=O)N[C@@H](CO)C(=O)N[C@@H](CCC(N)=O)C(=O)N[C@@H](Cc1c[nH]c2ccccc12)C(=O)N[C@H](C(=O)N[C@H](C(=O)N1CCC[C@H]1C(=O)N[C@@H](CC(C)C)C(=O)N[C@@H](CCCN=C(N)N)C(=O)O)C(C)C)C(C)C. The van der Waals surface area contributed by atoms with Crippen molar-refractivity contribution in [3.63, 3.8) is 0 Å². The van der Waals surface area contributed by atoms with E-state index in [0.29, 0.717) is 29.3 Å². The molecule has 2 aromatic rings. The average molecular weight is 1210 g/mol. The number of nitrogens with zero attached hydrogens (tertiary/aromatic N) is 2. The molecule has 0 saturated carbocycles. The first-order valence-electron chi connectivity index (χ1n) is 28.9. The normalized spacial score (nSPS) is 16.6. The molecule has 3 rings (SSSR count). The molecule has 11 amide bonds. The number of aliphatic imine (C=N–C) groups is 1. The Kier molecular flexibility index (Phi) is 28.8. The number of guanidine groups is 1. The maximum absolute atomic E-state index is 14.7. The van der Waals surface area contributed by atoms with E-state index in [0.717, 1.165) is 0 Å². The van der Waals surface area contributed by atoms with Crippen LogP contribution >= 0.6 is 0 Å². The molecular formula is C56H90N16O14. The summed E-state index contributed by atoms with van der Waals surface area (Å²) in [6, 6.07) is -6.93. The maximum Gasteiger partial charge on any atom is 0.326 e. The Balaban J connectivity index is 1.91. The van der Waals surface area contributed by atoms with Crippen LogP contribution in [0.15, 0.2) is 35.5 Å².